The van der Waals surface area contributed by atoms with Gasteiger partial charge >= 0.3 is 0 Å². The molecule has 0 aliphatic heterocycles. The first-order valence-electron chi connectivity index (χ1n) is 7.91. The molecule has 0 atom stereocenters. The molecule has 0 radical (unpaired) electrons. The van der Waals surface area contributed by atoms with E-state index in [1.54, 1.807) is 12.1 Å². The van der Waals surface area contributed by atoms with Crippen LogP contribution in [-0.2, 0) is 0 Å². The number of nitrogens with one attached hydrogen (secondary N) is 1. The normalized spacial score (nSPS) is 10.1. The van der Waals surface area contributed by atoms with Crippen LogP contribution in [0.5, 0.6) is 0 Å². The molecule has 3 rings (SSSR count). The van der Waals surface area contributed by atoms with E-state index in [9.17, 15) is 14.0 Å². The number of aromatic amines is 1. The predicted octanol–water partition coefficient (Wildman–Crippen LogP) is 4.57. The Labute approximate surface area is 139 Å². The van der Waals surface area contributed by atoms with Gasteiger partial charge in [-0.1, -0.05) is 44.2 Å². The van der Waals surface area contributed by atoms with Gasteiger partial charge < -0.3 is 0 Å². The molecule has 0 saturated heterocycles. The molecule has 124 valence electrons. The van der Waals surface area contributed by atoms with Crippen molar-refractivity contribution in [3.05, 3.63) is 65.6 Å². The molecular formula is C19H19FN2O2. The van der Waals surface area contributed by atoms with E-state index < -0.39 is 5.82 Å². The zero-order valence-corrected chi connectivity index (χ0v) is 13.7. The highest BCUT2D eigenvalue weighted by molar-refractivity contribution is 6.07. The monoisotopic (exact) mass is 326 g/mol. The van der Waals surface area contributed by atoms with Crippen molar-refractivity contribution in [2.75, 3.05) is 0 Å². The molecule has 1 N–H and O–H groups in total. The zero-order valence-electron chi connectivity index (χ0n) is 13.7. The number of benzene rings is 2. The highest BCUT2D eigenvalue weighted by atomic mass is 19.1. The van der Waals surface area contributed by atoms with Crippen LogP contribution in [0.3, 0.4) is 0 Å². The fraction of sp³-hybridized carbons (Fsp3) is 0.211. The maximum atomic E-state index is 13.5. The van der Waals surface area contributed by atoms with Crippen LogP contribution in [0.2, 0.25) is 0 Å². The number of fused-ring (bicyclic) bond motifs is 1. The highest BCUT2D eigenvalue weighted by Gasteiger charge is 2.17. The summed E-state index contributed by atoms with van der Waals surface area (Å²) in [5, 5.41) is 7.51. The van der Waals surface area contributed by atoms with Gasteiger partial charge in [-0.05, 0) is 18.2 Å². The molecule has 0 amide bonds. The van der Waals surface area contributed by atoms with E-state index in [1.807, 2.05) is 32.0 Å². The molecule has 2 aromatic carbocycles. The molecule has 24 heavy (non-hydrogen) atoms. The summed E-state index contributed by atoms with van der Waals surface area (Å²) in [6, 6.07) is 13.1. The number of Topliss-reactive ketones (excluding diaryl/α,β-unsaturated/α-hetero) is 2. The van der Waals surface area contributed by atoms with E-state index in [2.05, 4.69) is 10.2 Å². The lowest BCUT2D eigenvalue weighted by molar-refractivity contribution is 0.0913. The smallest absolute Gasteiger partial charge is 0.184 e. The number of aromatic nitrogens is 2. The molecule has 0 saturated carbocycles. The minimum Gasteiger partial charge on any atom is -0.294 e. The van der Waals surface area contributed by atoms with Gasteiger partial charge in [-0.3, -0.25) is 14.7 Å². The van der Waals surface area contributed by atoms with E-state index >= 15 is 0 Å². The van der Waals surface area contributed by atoms with Crippen LogP contribution in [0.25, 0.3) is 10.9 Å². The van der Waals surface area contributed by atoms with Gasteiger partial charge in [0.25, 0.3) is 0 Å². The maximum absolute atomic E-state index is 13.5. The number of halogens is 1. The van der Waals surface area contributed by atoms with Crippen molar-refractivity contribution in [1.29, 1.82) is 0 Å². The van der Waals surface area contributed by atoms with E-state index in [4.69, 9.17) is 0 Å². The standard InChI is InChI=1S/C17H13FN2O2.C2H6/c18-13-7-3-1-5-11(13)15(21)9-10-16(22)17-12-6-2-4-8-14(12)19-20-17;1-2/h1-8H,9-10H2,(H,19,20);1-2H3. The largest absolute Gasteiger partial charge is 0.294 e. The van der Waals surface area contributed by atoms with Crippen molar-refractivity contribution < 1.29 is 14.0 Å². The van der Waals surface area contributed by atoms with Crippen LogP contribution in [0, 0.1) is 5.82 Å². The average molecular weight is 326 g/mol. The first-order chi connectivity index (χ1) is 11.7. The van der Waals surface area contributed by atoms with Crippen LogP contribution in [0.1, 0.15) is 47.5 Å². The van der Waals surface area contributed by atoms with Crippen LogP contribution < -0.4 is 0 Å². The molecule has 0 aliphatic carbocycles. The zero-order chi connectivity index (χ0) is 17.5. The molecule has 0 unspecified atom stereocenters. The summed E-state index contributed by atoms with van der Waals surface area (Å²) in [6.45, 7) is 4.00. The summed E-state index contributed by atoms with van der Waals surface area (Å²) >= 11 is 0. The summed E-state index contributed by atoms with van der Waals surface area (Å²) in [7, 11) is 0. The van der Waals surface area contributed by atoms with Crippen molar-refractivity contribution >= 4 is 22.5 Å². The van der Waals surface area contributed by atoms with E-state index in [0.717, 1.165) is 10.9 Å². The highest BCUT2D eigenvalue weighted by Crippen LogP contribution is 2.18. The van der Waals surface area contributed by atoms with Gasteiger partial charge in [-0.2, -0.15) is 5.10 Å². The summed E-state index contributed by atoms with van der Waals surface area (Å²) in [6.07, 6.45) is -0.0387. The van der Waals surface area contributed by atoms with Crippen LogP contribution >= 0.6 is 0 Å². The van der Waals surface area contributed by atoms with Gasteiger partial charge in [0.2, 0.25) is 0 Å². The predicted molar refractivity (Wildman–Crippen MR) is 91.7 cm³/mol. The maximum Gasteiger partial charge on any atom is 0.184 e. The molecular weight excluding hydrogens is 307 g/mol. The first-order valence-corrected chi connectivity index (χ1v) is 7.91. The molecule has 0 fully saturated rings. The Morgan fingerprint density at radius 3 is 2.33 bits per heavy atom. The molecule has 1 aromatic heterocycles. The third-order valence-electron chi connectivity index (χ3n) is 3.49. The van der Waals surface area contributed by atoms with Gasteiger partial charge in [-0.15, -0.1) is 0 Å². The van der Waals surface area contributed by atoms with Crippen molar-refractivity contribution in [3.63, 3.8) is 0 Å². The fourth-order valence-electron chi connectivity index (χ4n) is 2.34. The van der Waals surface area contributed by atoms with Crippen molar-refractivity contribution in [2.24, 2.45) is 0 Å². The molecule has 0 spiro atoms. The molecule has 1 heterocycles. The van der Waals surface area contributed by atoms with Crippen molar-refractivity contribution in [3.8, 4) is 0 Å². The van der Waals surface area contributed by atoms with Gasteiger partial charge in [0, 0.05) is 18.2 Å². The first kappa shape index (κ1) is 17.5. The number of nitrogens with zero attached hydrogens (tertiary/aromatic N) is 1. The molecule has 3 aromatic rings. The molecule has 0 aliphatic rings. The number of H-pyrrole nitrogens is 1. The number of carbonyl (C=O) groups excluding carboxylic acids is 2. The minimum absolute atomic E-state index is 0.00200. The summed E-state index contributed by atoms with van der Waals surface area (Å²) in [5.41, 5.74) is 1.10. The lowest BCUT2D eigenvalue weighted by atomic mass is 10.0. The molecule has 5 heteroatoms. The second-order valence-electron chi connectivity index (χ2n) is 4.94. The summed E-state index contributed by atoms with van der Waals surface area (Å²) in [5.74, 6) is -1.18. The Morgan fingerprint density at radius 2 is 1.58 bits per heavy atom. The summed E-state index contributed by atoms with van der Waals surface area (Å²) < 4.78 is 13.5. The van der Waals surface area contributed by atoms with Gasteiger partial charge in [-0.25, -0.2) is 4.39 Å². The van der Waals surface area contributed by atoms with Crippen LogP contribution in [-0.4, -0.2) is 21.8 Å². The topological polar surface area (TPSA) is 62.8 Å². The summed E-state index contributed by atoms with van der Waals surface area (Å²) in [4.78, 5) is 24.2. The second kappa shape index (κ2) is 8.15. The number of para-hydroxylation sites is 1. The van der Waals surface area contributed by atoms with Crippen molar-refractivity contribution in [2.45, 2.75) is 26.7 Å². The molecule has 4 nitrogen and oxygen atoms in total. The van der Waals surface area contributed by atoms with E-state index in [-0.39, 0.29) is 30.0 Å². The molecule has 0 bridgehead atoms. The van der Waals surface area contributed by atoms with Gasteiger partial charge in [0.05, 0.1) is 11.1 Å². The Bertz CT molecular complexity index is 855. The average Bonchev–Trinajstić information content (AvgIpc) is 3.06. The van der Waals surface area contributed by atoms with E-state index in [1.165, 1.54) is 18.2 Å². The Balaban J connectivity index is 0.00000100. The van der Waals surface area contributed by atoms with E-state index in [0.29, 0.717) is 5.69 Å². The lowest BCUT2D eigenvalue weighted by Crippen LogP contribution is -2.07. The Morgan fingerprint density at radius 1 is 0.958 bits per heavy atom. The number of hydrogen-bond acceptors (Lipinski definition) is 3. The Kier molecular flexibility index (Phi) is 5.95. The van der Waals surface area contributed by atoms with Crippen molar-refractivity contribution in [1.82, 2.24) is 10.2 Å². The van der Waals surface area contributed by atoms with Crippen LogP contribution in [0.4, 0.5) is 4.39 Å². The van der Waals surface area contributed by atoms with Gasteiger partial charge in [0.1, 0.15) is 11.5 Å². The number of carbonyl (C=O) groups is 2. The minimum atomic E-state index is -0.565. The van der Waals surface area contributed by atoms with Gasteiger partial charge in [0.15, 0.2) is 11.6 Å². The SMILES string of the molecule is CC.O=C(CCC(=O)c1n[nH]c2ccccc12)c1ccccc1F. The Hall–Kier alpha value is -2.82. The number of hydrogen-bond donors (Lipinski definition) is 1. The number of ketones is 2. The second-order valence-corrected chi connectivity index (χ2v) is 4.94. The van der Waals surface area contributed by atoms with Crippen LogP contribution in [0.15, 0.2) is 48.5 Å². The third-order valence-corrected chi connectivity index (χ3v) is 3.49. The number of rotatable bonds is 5. The quantitative estimate of drug-likeness (QED) is 0.698. The third kappa shape index (κ3) is 3.74. The fourth-order valence-corrected chi connectivity index (χ4v) is 2.34. The lowest BCUT2D eigenvalue weighted by Gasteiger charge is -2.01.